The van der Waals surface area contributed by atoms with Crippen molar-refractivity contribution in [2.75, 3.05) is 7.11 Å². The number of aryl methyl sites for hydroxylation is 1. The van der Waals surface area contributed by atoms with Crippen LogP contribution in [0.5, 0.6) is 0 Å². The number of aromatic nitrogens is 1. The standard InChI is InChI=1S/C6H7NO2Se/c1-4-5(6(8)9-2)10-3-7-4/h3H,1-2H3. The Morgan fingerprint density at radius 2 is 2.50 bits per heavy atom. The Balaban J connectivity index is 2.93. The Morgan fingerprint density at radius 3 is 2.90 bits per heavy atom. The zero-order valence-corrected chi connectivity index (χ0v) is 7.46. The molecule has 0 bridgehead atoms. The van der Waals surface area contributed by atoms with E-state index in [0.29, 0.717) is 0 Å². The molecule has 0 unspecified atom stereocenters. The average Bonchev–Trinajstić information content (AvgIpc) is 2.34. The first-order valence-electron chi connectivity index (χ1n) is 2.74. The van der Waals surface area contributed by atoms with E-state index in [1.54, 1.807) is 5.07 Å². The molecule has 0 fully saturated rings. The number of hydrogen-bond donors (Lipinski definition) is 0. The summed E-state index contributed by atoms with van der Waals surface area (Å²) in [4.78, 5) is 14.8. The van der Waals surface area contributed by atoms with Crippen LogP contribution in [0, 0.1) is 6.92 Å². The van der Waals surface area contributed by atoms with E-state index in [9.17, 15) is 4.79 Å². The Hall–Kier alpha value is -0.601. The van der Waals surface area contributed by atoms with Gasteiger partial charge in [-0.1, -0.05) is 0 Å². The third kappa shape index (κ3) is 1.28. The number of nitrogens with zero attached hydrogens (tertiary/aromatic N) is 1. The molecule has 1 heterocycles. The first kappa shape index (κ1) is 7.51. The van der Waals surface area contributed by atoms with Crippen LogP contribution in [-0.2, 0) is 4.74 Å². The quantitative estimate of drug-likeness (QED) is 0.485. The predicted octanol–water partition coefficient (Wildman–Crippen LogP) is 0.234. The third-order valence-electron chi connectivity index (χ3n) is 1.12. The van der Waals surface area contributed by atoms with Gasteiger partial charge in [0.25, 0.3) is 0 Å². The van der Waals surface area contributed by atoms with E-state index in [1.807, 2.05) is 6.92 Å². The molecule has 0 saturated carbocycles. The summed E-state index contributed by atoms with van der Waals surface area (Å²) in [6.07, 6.45) is 0. The first-order valence-corrected chi connectivity index (χ1v) is 4.58. The number of ether oxygens (including phenoxy) is 1. The SMILES string of the molecule is COC(=O)c1[se]cnc1C. The monoisotopic (exact) mass is 205 g/mol. The van der Waals surface area contributed by atoms with E-state index in [2.05, 4.69) is 9.72 Å². The Bertz CT molecular complexity index is 244. The van der Waals surface area contributed by atoms with Crippen molar-refractivity contribution < 1.29 is 9.53 Å². The Labute approximate surface area is 64.8 Å². The first-order chi connectivity index (χ1) is 4.75. The fourth-order valence-corrected chi connectivity index (χ4v) is 2.10. The van der Waals surface area contributed by atoms with Crippen LogP contribution >= 0.6 is 0 Å². The predicted molar refractivity (Wildman–Crippen MR) is 37.3 cm³/mol. The van der Waals surface area contributed by atoms with Crippen molar-refractivity contribution in [1.82, 2.24) is 4.98 Å². The van der Waals surface area contributed by atoms with E-state index in [1.165, 1.54) is 7.11 Å². The molecule has 0 N–H and O–H groups in total. The van der Waals surface area contributed by atoms with Gasteiger partial charge in [0.15, 0.2) is 0 Å². The number of hydrogen-bond acceptors (Lipinski definition) is 3. The Morgan fingerprint density at radius 1 is 1.80 bits per heavy atom. The number of esters is 1. The summed E-state index contributed by atoms with van der Waals surface area (Å²) >= 11 is 0.0944. The Kier molecular flexibility index (Phi) is 2.25. The van der Waals surface area contributed by atoms with Crippen LogP contribution in [0.2, 0.25) is 0 Å². The van der Waals surface area contributed by atoms with Gasteiger partial charge in [0.2, 0.25) is 0 Å². The van der Waals surface area contributed by atoms with E-state index < -0.39 is 0 Å². The van der Waals surface area contributed by atoms with Crippen LogP contribution in [-0.4, -0.2) is 32.6 Å². The molecule has 1 rings (SSSR count). The molecule has 3 nitrogen and oxygen atoms in total. The molecule has 1 aromatic heterocycles. The molecule has 0 spiro atoms. The molecule has 0 amide bonds. The van der Waals surface area contributed by atoms with Gasteiger partial charge in [-0.25, -0.2) is 0 Å². The fraction of sp³-hybridized carbons (Fsp3) is 0.333. The molecule has 0 aliphatic rings. The summed E-state index contributed by atoms with van der Waals surface area (Å²) in [6, 6.07) is 0. The molecule has 4 heteroatoms. The summed E-state index contributed by atoms with van der Waals surface area (Å²) in [5, 5.41) is 1.77. The van der Waals surface area contributed by atoms with Gasteiger partial charge >= 0.3 is 64.2 Å². The van der Waals surface area contributed by atoms with Crippen molar-refractivity contribution in [3.63, 3.8) is 0 Å². The zero-order valence-electron chi connectivity index (χ0n) is 5.75. The number of carbonyl (C=O) groups excluding carboxylic acids is 1. The number of carbonyl (C=O) groups is 1. The van der Waals surface area contributed by atoms with Crippen LogP contribution in [0.1, 0.15) is 14.9 Å². The van der Waals surface area contributed by atoms with Crippen molar-refractivity contribution in [2.45, 2.75) is 6.92 Å². The van der Waals surface area contributed by atoms with Crippen LogP contribution in [0.3, 0.4) is 0 Å². The summed E-state index contributed by atoms with van der Waals surface area (Å²) in [5.41, 5.74) is 0.798. The molecular formula is C6H7NO2Se. The van der Waals surface area contributed by atoms with Gasteiger partial charge in [-0.2, -0.15) is 0 Å². The zero-order chi connectivity index (χ0) is 7.56. The normalized spacial score (nSPS) is 9.40. The van der Waals surface area contributed by atoms with E-state index in [4.69, 9.17) is 0 Å². The molecule has 0 saturated heterocycles. The molecule has 0 aliphatic carbocycles. The van der Waals surface area contributed by atoms with Crippen LogP contribution < -0.4 is 0 Å². The second-order valence-electron chi connectivity index (χ2n) is 1.76. The molecule has 54 valence electrons. The molecule has 10 heavy (non-hydrogen) atoms. The van der Waals surface area contributed by atoms with Crippen molar-refractivity contribution >= 4 is 20.5 Å². The van der Waals surface area contributed by atoms with Crippen LogP contribution in [0.4, 0.5) is 0 Å². The van der Waals surface area contributed by atoms with E-state index in [-0.39, 0.29) is 20.5 Å². The minimum atomic E-state index is -0.241. The second kappa shape index (κ2) is 2.99. The molecule has 0 aromatic carbocycles. The van der Waals surface area contributed by atoms with Gasteiger partial charge in [-0.05, 0) is 0 Å². The van der Waals surface area contributed by atoms with Gasteiger partial charge in [0, 0.05) is 0 Å². The minimum absolute atomic E-state index is 0.0944. The summed E-state index contributed by atoms with van der Waals surface area (Å²) in [5.74, 6) is -0.241. The molecular weight excluding hydrogens is 197 g/mol. The fourth-order valence-electron chi connectivity index (χ4n) is 0.591. The maximum absolute atomic E-state index is 10.9. The van der Waals surface area contributed by atoms with Crippen LogP contribution in [0.15, 0.2) is 5.07 Å². The molecule has 0 aliphatic heterocycles. The van der Waals surface area contributed by atoms with E-state index >= 15 is 0 Å². The third-order valence-corrected chi connectivity index (χ3v) is 3.02. The van der Waals surface area contributed by atoms with Crippen molar-refractivity contribution in [3.05, 3.63) is 15.2 Å². The summed E-state index contributed by atoms with van der Waals surface area (Å²) in [6.45, 7) is 1.82. The summed E-state index contributed by atoms with van der Waals surface area (Å²) in [7, 11) is 1.39. The van der Waals surface area contributed by atoms with Crippen molar-refractivity contribution in [3.8, 4) is 0 Å². The topological polar surface area (TPSA) is 39.2 Å². The van der Waals surface area contributed by atoms with Crippen molar-refractivity contribution in [2.24, 2.45) is 0 Å². The van der Waals surface area contributed by atoms with Gasteiger partial charge < -0.3 is 0 Å². The number of rotatable bonds is 1. The van der Waals surface area contributed by atoms with Gasteiger partial charge in [0.05, 0.1) is 0 Å². The van der Waals surface area contributed by atoms with Gasteiger partial charge in [0.1, 0.15) is 0 Å². The molecule has 1 aromatic rings. The number of methoxy groups -OCH3 is 1. The van der Waals surface area contributed by atoms with Gasteiger partial charge in [-0.15, -0.1) is 0 Å². The second-order valence-corrected chi connectivity index (χ2v) is 3.55. The molecule has 0 radical (unpaired) electrons. The van der Waals surface area contributed by atoms with Gasteiger partial charge in [-0.3, -0.25) is 0 Å². The van der Waals surface area contributed by atoms with Crippen molar-refractivity contribution in [1.29, 1.82) is 0 Å². The van der Waals surface area contributed by atoms with Crippen LogP contribution in [0.25, 0.3) is 0 Å². The maximum atomic E-state index is 10.9. The average molecular weight is 204 g/mol. The molecule has 0 atom stereocenters. The van der Waals surface area contributed by atoms with E-state index in [0.717, 1.165) is 10.1 Å². The summed E-state index contributed by atoms with van der Waals surface area (Å²) < 4.78 is 5.27.